The standard InChI is InChI=1S/C15H15N3O3/c1-18(2)12-5-3-4-11(8-12)17-14(19)10-6-7-13(15(20)21)16-9-10/h3-9H,1-2H3,(H,17,19)(H,20,21). The second-order valence-electron chi connectivity index (χ2n) is 4.64. The average Bonchev–Trinajstić information content (AvgIpc) is 2.47. The molecule has 0 saturated carbocycles. The van der Waals surface area contributed by atoms with E-state index in [4.69, 9.17) is 5.11 Å². The topological polar surface area (TPSA) is 82.5 Å². The van der Waals surface area contributed by atoms with Crippen molar-refractivity contribution < 1.29 is 14.7 Å². The van der Waals surface area contributed by atoms with Crippen molar-refractivity contribution in [2.75, 3.05) is 24.3 Å². The summed E-state index contributed by atoms with van der Waals surface area (Å²) in [4.78, 5) is 28.4. The minimum atomic E-state index is -1.12. The quantitative estimate of drug-likeness (QED) is 0.899. The number of nitrogens with zero attached hydrogens (tertiary/aromatic N) is 2. The number of hydrogen-bond acceptors (Lipinski definition) is 4. The van der Waals surface area contributed by atoms with Crippen molar-refractivity contribution in [2.45, 2.75) is 0 Å². The van der Waals surface area contributed by atoms with Gasteiger partial charge in [-0.2, -0.15) is 0 Å². The van der Waals surface area contributed by atoms with Crippen LogP contribution in [0.2, 0.25) is 0 Å². The number of hydrogen-bond donors (Lipinski definition) is 2. The number of benzene rings is 1. The van der Waals surface area contributed by atoms with Crippen LogP contribution in [0.25, 0.3) is 0 Å². The molecule has 0 saturated heterocycles. The first-order valence-electron chi connectivity index (χ1n) is 6.25. The largest absolute Gasteiger partial charge is 0.477 e. The van der Waals surface area contributed by atoms with Crippen LogP contribution in [0.5, 0.6) is 0 Å². The summed E-state index contributed by atoms with van der Waals surface area (Å²) in [6.07, 6.45) is 1.24. The summed E-state index contributed by atoms with van der Waals surface area (Å²) >= 11 is 0. The Morgan fingerprint density at radius 3 is 2.52 bits per heavy atom. The number of carboxylic acid groups (broad SMARTS) is 1. The Balaban J connectivity index is 2.14. The third kappa shape index (κ3) is 3.56. The zero-order chi connectivity index (χ0) is 15.4. The Kier molecular flexibility index (Phi) is 4.18. The SMILES string of the molecule is CN(C)c1cccc(NC(=O)c2ccc(C(=O)O)nc2)c1. The fourth-order valence-electron chi connectivity index (χ4n) is 1.72. The average molecular weight is 285 g/mol. The van der Waals surface area contributed by atoms with Crippen LogP contribution in [-0.2, 0) is 0 Å². The van der Waals surface area contributed by atoms with Gasteiger partial charge in [0, 0.05) is 31.7 Å². The first-order valence-corrected chi connectivity index (χ1v) is 6.25. The highest BCUT2D eigenvalue weighted by Gasteiger charge is 2.09. The summed E-state index contributed by atoms with van der Waals surface area (Å²) in [5.74, 6) is -1.46. The van der Waals surface area contributed by atoms with Crippen LogP contribution in [0.1, 0.15) is 20.8 Å². The molecule has 0 radical (unpaired) electrons. The van der Waals surface area contributed by atoms with Crippen LogP contribution in [0.4, 0.5) is 11.4 Å². The number of rotatable bonds is 4. The lowest BCUT2D eigenvalue weighted by Crippen LogP contribution is -2.14. The Morgan fingerprint density at radius 2 is 1.95 bits per heavy atom. The summed E-state index contributed by atoms with van der Waals surface area (Å²) in [7, 11) is 3.82. The van der Waals surface area contributed by atoms with Crippen LogP contribution >= 0.6 is 0 Å². The van der Waals surface area contributed by atoms with Crippen LogP contribution in [0.3, 0.4) is 0 Å². The van der Waals surface area contributed by atoms with Gasteiger partial charge in [-0.15, -0.1) is 0 Å². The number of pyridine rings is 1. The Bertz CT molecular complexity index is 666. The van der Waals surface area contributed by atoms with E-state index >= 15 is 0 Å². The molecular weight excluding hydrogens is 270 g/mol. The van der Waals surface area contributed by atoms with Crippen molar-refractivity contribution >= 4 is 23.3 Å². The van der Waals surface area contributed by atoms with E-state index in [0.717, 1.165) is 5.69 Å². The number of anilines is 2. The van der Waals surface area contributed by atoms with E-state index in [1.165, 1.54) is 18.3 Å². The van der Waals surface area contributed by atoms with Crippen molar-refractivity contribution in [1.29, 1.82) is 0 Å². The van der Waals surface area contributed by atoms with E-state index in [2.05, 4.69) is 10.3 Å². The maximum atomic E-state index is 12.1. The van der Waals surface area contributed by atoms with Gasteiger partial charge in [-0.1, -0.05) is 6.07 Å². The molecule has 0 unspecified atom stereocenters. The van der Waals surface area contributed by atoms with Gasteiger partial charge in [0.1, 0.15) is 5.69 Å². The zero-order valence-electron chi connectivity index (χ0n) is 11.7. The van der Waals surface area contributed by atoms with Gasteiger partial charge in [0.05, 0.1) is 5.56 Å². The molecule has 108 valence electrons. The van der Waals surface area contributed by atoms with Gasteiger partial charge < -0.3 is 15.3 Å². The molecule has 0 aliphatic carbocycles. The number of carboxylic acids is 1. The van der Waals surface area contributed by atoms with Crippen LogP contribution in [0, 0.1) is 0 Å². The number of aromatic carboxylic acids is 1. The molecule has 2 aromatic rings. The molecule has 1 amide bonds. The maximum Gasteiger partial charge on any atom is 0.354 e. The highest BCUT2D eigenvalue weighted by Crippen LogP contribution is 2.18. The smallest absolute Gasteiger partial charge is 0.354 e. The number of amides is 1. The van der Waals surface area contributed by atoms with Gasteiger partial charge in [0.15, 0.2) is 0 Å². The lowest BCUT2D eigenvalue weighted by atomic mass is 10.2. The second kappa shape index (κ2) is 6.04. The highest BCUT2D eigenvalue weighted by molar-refractivity contribution is 6.04. The van der Waals surface area contributed by atoms with Crippen LogP contribution < -0.4 is 10.2 Å². The molecular formula is C15H15N3O3. The van der Waals surface area contributed by atoms with Crippen molar-refractivity contribution in [1.82, 2.24) is 4.98 Å². The Morgan fingerprint density at radius 1 is 1.19 bits per heavy atom. The lowest BCUT2D eigenvalue weighted by Gasteiger charge is -2.14. The molecule has 2 rings (SSSR count). The minimum Gasteiger partial charge on any atom is -0.477 e. The van der Waals surface area contributed by atoms with E-state index < -0.39 is 5.97 Å². The summed E-state index contributed by atoms with van der Waals surface area (Å²) in [6, 6.07) is 10.1. The Hall–Kier alpha value is -2.89. The first-order chi connectivity index (χ1) is 9.97. The fourth-order valence-corrected chi connectivity index (χ4v) is 1.72. The van der Waals surface area contributed by atoms with Gasteiger partial charge in [-0.25, -0.2) is 9.78 Å². The lowest BCUT2D eigenvalue weighted by molar-refractivity contribution is 0.0690. The molecule has 6 heteroatoms. The van der Waals surface area contributed by atoms with E-state index in [-0.39, 0.29) is 11.6 Å². The summed E-state index contributed by atoms with van der Waals surface area (Å²) in [6.45, 7) is 0. The summed E-state index contributed by atoms with van der Waals surface area (Å²) in [5, 5.41) is 11.5. The minimum absolute atomic E-state index is 0.0962. The third-order valence-corrected chi connectivity index (χ3v) is 2.87. The molecule has 1 aromatic heterocycles. The number of carbonyl (C=O) groups is 2. The van der Waals surface area contributed by atoms with E-state index in [1.54, 1.807) is 6.07 Å². The van der Waals surface area contributed by atoms with Gasteiger partial charge in [-0.3, -0.25) is 4.79 Å². The van der Waals surface area contributed by atoms with Gasteiger partial charge in [-0.05, 0) is 30.3 Å². The molecule has 21 heavy (non-hydrogen) atoms. The molecule has 0 atom stereocenters. The number of nitrogens with one attached hydrogen (secondary N) is 1. The van der Waals surface area contributed by atoms with E-state index in [1.807, 2.05) is 37.2 Å². The third-order valence-electron chi connectivity index (χ3n) is 2.87. The van der Waals surface area contributed by atoms with Gasteiger partial charge in [0.25, 0.3) is 5.91 Å². The van der Waals surface area contributed by atoms with E-state index in [0.29, 0.717) is 11.3 Å². The van der Waals surface area contributed by atoms with Crippen molar-refractivity contribution in [3.63, 3.8) is 0 Å². The number of carbonyl (C=O) groups excluding carboxylic acids is 1. The number of aromatic nitrogens is 1. The predicted octanol–water partition coefficient (Wildman–Crippen LogP) is 2.10. The molecule has 0 aliphatic rings. The maximum absolute atomic E-state index is 12.1. The fraction of sp³-hybridized carbons (Fsp3) is 0.133. The molecule has 2 N–H and O–H groups in total. The van der Waals surface area contributed by atoms with Crippen molar-refractivity contribution in [3.05, 3.63) is 53.9 Å². The molecule has 1 aromatic carbocycles. The zero-order valence-corrected chi connectivity index (χ0v) is 11.7. The summed E-state index contributed by atoms with van der Waals surface area (Å²) in [5.41, 5.74) is 1.83. The van der Waals surface area contributed by atoms with Crippen LogP contribution in [-0.4, -0.2) is 36.1 Å². The Labute approximate surface area is 122 Å². The molecule has 6 nitrogen and oxygen atoms in total. The molecule has 0 fully saturated rings. The first kappa shape index (κ1) is 14.5. The predicted molar refractivity (Wildman–Crippen MR) is 79.9 cm³/mol. The van der Waals surface area contributed by atoms with Crippen molar-refractivity contribution in [2.24, 2.45) is 0 Å². The normalized spacial score (nSPS) is 10.0. The molecule has 0 bridgehead atoms. The monoisotopic (exact) mass is 285 g/mol. The second-order valence-corrected chi connectivity index (χ2v) is 4.64. The van der Waals surface area contributed by atoms with Gasteiger partial charge in [0.2, 0.25) is 0 Å². The highest BCUT2D eigenvalue weighted by atomic mass is 16.4. The summed E-state index contributed by atoms with van der Waals surface area (Å²) < 4.78 is 0. The van der Waals surface area contributed by atoms with Crippen LogP contribution in [0.15, 0.2) is 42.6 Å². The molecule has 1 heterocycles. The molecule has 0 aliphatic heterocycles. The van der Waals surface area contributed by atoms with Gasteiger partial charge >= 0.3 is 5.97 Å². The van der Waals surface area contributed by atoms with E-state index in [9.17, 15) is 9.59 Å². The van der Waals surface area contributed by atoms with Crippen molar-refractivity contribution in [3.8, 4) is 0 Å². The molecule has 0 spiro atoms.